The van der Waals surface area contributed by atoms with Crippen molar-refractivity contribution in [2.75, 3.05) is 20.3 Å². The first-order chi connectivity index (χ1) is 12.1. The molecular weight excluding hydrogens is 320 g/mol. The maximum atomic E-state index is 11.7. The molecule has 0 radical (unpaired) electrons. The average Bonchev–Trinajstić information content (AvgIpc) is 2.67. The minimum Gasteiger partial charge on any atom is -0.489 e. The van der Waals surface area contributed by atoms with Crippen LogP contribution in [0.3, 0.4) is 0 Å². The van der Waals surface area contributed by atoms with Crippen LogP contribution in [0.25, 0.3) is 0 Å². The summed E-state index contributed by atoms with van der Waals surface area (Å²) in [5.74, 6) is -0.953. The lowest BCUT2D eigenvalue weighted by Crippen LogP contribution is -2.47. The van der Waals surface area contributed by atoms with Crippen molar-refractivity contribution in [1.29, 1.82) is 0 Å². The molecule has 132 valence electrons. The first-order valence-electron chi connectivity index (χ1n) is 8.24. The van der Waals surface area contributed by atoms with Gasteiger partial charge in [0.25, 0.3) is 5.79 Å². The molecule has 1 aliphatic heterocycles. The van der Waals surface area contributed by atoms with Crippen LogP contribution in [0.1, 0.15) is 24.0 Å². The van der Waals surface area contributed by atoms with Gasteiger partial charge in [-0.05, 0) is 23.3 Å². The number of hydrogen-bond acceptors (Lipinski definition) is 5. The van der Waals surface area contributed by atoms with Gasteiger partial charge in [-0.2, -0.15) is 0 Å². The van der Waals surface area contributed by atoms with Crippen LogP contribution in [0.2, 0.25) is 0 Å². The molecule has 25 heavy (non-hydrogen) atoms. The third kappa shape index (κ3) is 4.18. The van der Waals surface area contributed by atoms with Crippen LogP contribution in [0.5, 0.6) is 5.75 Å². The summed E-state index contributed by atoms with van der Waals surface area (Å²) in [4.78, 5) is 11.7. The molecular formula is C20H22O5. The lowest BCUT2D eigenvalue weighted by molar-refractivity contribution is -0.264. The average molecular weight is 342 g/mol. The number of rotatable bonds is 5. The topological polar surface area (TPSA) is 54.0 Å². The highest BCUT2D eigenvalue weighted by Crippen LogP contribution is 2.29. The van der Waals surface area contributed by atoms with Crippen LogP contribution >= 0.6 is 0 Å². The molecule has 1 aliphatic rings. The van der Waals surface area contributed by atoms with Gasteiger partial charge < -0.3 is 18.9 Å². The summed E-state index contributed by atoms with van der Waals surface area (Å²) >= 11 is 0. The maximum Gasteiger partial charge on any atom is 0.366 e. The van der Waals surface area contributed by atoms with Gasteiger partial charge in [0.1, 0.15) is 12.4 Å². The maximum absolute atomic E-state index is 11.7. The van der Waals surface area contributed by atoms with Gasteiger partial charge in [0.15, 0.2) is 0 Å². The number of carbonyl (C=O) groups is 1. The molecule has 0 bridgehead atoms. The molecule has 2 aromatic carbocycles. The van der Waals surface area contributed by atoms with Crippen molar-refractivity contribution in [3.05, 3.63) is 65.7 Å². The van der Waals surface area contributed by atoms with E-state index in [9.17, 15) is 4.79 Å². The molecule has 1 saturated heterocycles. The Morgan fingerprint density at radius 1 is 1.08 bits per heavy atom. The van der Waals surface area contributed by atoms with E-state index in [2.05, 4.69) is 0 Å². The summed E-state index contributed by atoms with van der Waals surface area (Å²) in [5.41, 5.74) is 2.21. The Bertz CT molecular complexity index is 688. The Hall–Kier alpha value is -2.37. The van der Waals surface area contributed by atoms with Crippen molar-refractivity contribution in [3.8, 4) is 5.75 Å². The van der Waals surface area contributed by atoms with Gasteiger partial charge in [-0.15, -0.1) is 0 Å². The summed E-state index contributed by atoms with van der Waals surface area (Å²) in [5, 5.41) is 0. The Balaban J connectivity index is 1.55. The van der Waals surface area contributed by atoms with Crippen molar-refractivity contribution in [3.63, 3.8) is 0 Å². The summed E-state index contributed by atoms with van der Waals surface area (Å²) < 4.78 is 21.7. The minimum atomic E-state index is -1.32. The number of benzene rings is 2. The molecule has 0 amide bonds. The molecule has 5 nitrogen and oxygen atoms in total. The number of esters is 1. The zero-order valence-electron chi connectivity index (χ0n) is 14.4. The quantitative estimate of drug-likeness (QED) is 0.781. The number of ether oxygens (including phenoxy) is 4. The predicted octanol–water partition coefficient (Wildman–Crippen LogP) is 3.29. The molecule has 0 aromatic heterocycles. The second kappa shape index (κ2) is 7.68. The van der Waals surface area contributed by atoms with Gasteiger partial charge in [0.2, 0.25) is 0 Å². The third-order valence-corrected chi connectivity index (χ3v) is 4.28. The van der Waals surface area contributed by atoms with Crippen LogP contribution < -0.4 is 4.74 Å². The molecule has 0 N–H and O–H groups in total. The van der Waals surface area contributed by atoms with Crippen LogP contribution in [-0.2, 0) is 25.6 Å². The Labute approximate surface area is 147 Å². The predicted molar refractivity (Wildman–Crippen MR) is 92.3 cm³/mol. The normalized spacial score (nSPS) is 23.0. The van der Waals surface area contributed by atoms with E-state index in [0.717, 1.165) is 16.9 Å². The smallest absolute Gasteiger partial charge is 0.366 e. The highest BCUT2D eigenvalue weighted by molar-refractivity contribution is 5.77. The van der Waals surface area contributed by atoms with Gasteiger partial charge in [0.05, 0.1) is 20.3 Å². The van der Waals surface area contributed by atoms with Crippen LogP contribution in [-0.4, -0.2) is 32.1 Å². The molecule has 5 heteroatoms. The molecule has 1 fully saturated rings. The fraction of sp³-hybridized carbons (Fsp3) is 0.350. The van der Waals surface area contributed by atoms with E-state index in [-0.39, 0.29) is 5.92 Å². The highest BCUT2D eigenvalue weighted by atomic mass is 16.7. The van der Waals surface area contributed by atoms with Crippen molar-refractivity contribution >= 4 is 5.97 Å². The van der Waals surface area contributed by atoms with Crippen LogP contribution in [0.4, 0.5) is 0 Å². The first kappa shape index (κ1) is 17.5. The standard InChI is InChI=1S/C20H22O5/c1-20(19(21)22-2)24-13-17(14-25-20)16-8-10-18(11-9-16)23-12-15-6-4-3-5-7-15/h3-11,17H,12-14H2,1-2H3/t17-,20+. The number of hydrogen-bond donors (Lipinski definition) is 0. The summed E-state index contributed by atoms with van der Waals surface area (Å²) in [7, 11) is 1.32. The summed E-state index contributed by atoms with van der Waals surface area (Å²) in [6.07, 6.45) is 0. The first-order valence-corrected chi connectivity index (χ1v) is 8.24. The molecule has 0 atom stereocenters. The Morgan fingerprint density at radius 2 is 1.72 bits per heavy atom. The fourth-order valence-electron chi connectivity index (χ4n) is 2.68. The third-order valence-electron chi connectivity index (χ3n) is 4.28. The van der Waals surface area contributed by atoms with E-state index < -0.39 is 11.8 Å². The summed E-state index contributed by atoms with van der Waals surface area (Å²) in [6, 6.07) is 17.9. The molecule has 1 heterocycles. The second-order valence-electron chi connectivity index (χ2n) is 6.10. The van der Waals surface area contributed by atoms with E-state index in [1.54, 1.807) is 6.92 Å². The van der Waals surface area contributed by atoms with Crippen LogP contribution in [0.15, 0.2) is 54.6 Å². The lowest BCUT2D eigenvalue weighted by atomic mass is 9.99. The molecule has 0 aliphatic carbocycles. The van der Waals surface area contributed by atoms with Gasteiger partial charge in [-0.3, -0.25) is 0 Å². The minimum absolute atomic E-state index is 0.0703. The molecule has 3 rings (SSSR count). The van der Waals surface area contributed by atoms with E-state index in [0.29, 0.717) is 19.8 Å². The molecule has 0 spiro atoms. The highest BCUT2D eigenvalue weighted by Gasteiger charge is 2.41. The van der Waals surface area contributed by atoms with Crippen molar-refractivity contribution in [1.82, 2.24) is 0 Å². The van der Waals surface area contributed by atoms with E-state index in [1.807, 2.05) is 54.6 Å². The lowest BCUT2D eigenvalue weighted by Gasteiger charge is -2.35. The van der Waals surface area contributed by atoms with Crippen molar-refractivity contribution in [2.24, 2.45) is 0 Å². The number of carbonyl (C=O) groups excluding carboxylic acids is 1. The van der Waals surface area contributed by atoms with E-state index >= 15 is 0 Å². The largest absolute Gasteiger partial charge is 0.489 e. The van der Waals surface area contributed by atoms with Crippen molar-refractivity contribution < 1.29 is 23.7 Å². The van der Waals surface area contributed by atoms with Gasteiger partial charge in [-0.1, -0.05) is 42.5 Å². The Kier molecular flexibility index (Phi) is 5.36. The number of methoxy groups -OCH3 is 1. The van der Waals surface area contributed by atoms with Gasteiger partial charge in [0, 0.05) is 12.8 Å². The molecule has 0 saturated carbocycles. The van der Waals surface area contributed by atoms with E-state index in [4.69, 9.17) is 18.9 Å². The molecule has 2 aromatic rings. The van der Waals surface area contributed by atoms with Gasteiger partial charge >= 0.3 is 5.97 Å². The van der Waals surface area contributed by atoms with Crippen molar-refractivity contribution in [2.45, 2.75) is 25.2 Å². The zero-order chi connectivity index (χ0) is 17.7. The van der Waals surface area contributed by atoms with Gasteiger partial charge in [-0.25, -0.2) is 4.79 Å². The summed E-state index contributed by atoms with van der Waals surface area (Å²) in [6.45, 7) is 2.91. The monoisotopic (exact) mass is 342 g/mol. The second-order valence-corrected chi connectivity index (χ2v) is 6.10. The Morgan fingerprint density at radius 3 is 2.32 bits per heavy atom. The van der Waals surface area contributed by atoms with E-state index in [1.165, 1.54) is 7.11 Å². The fourth-order valence-corrected chi connectivity index (χ4v) is 2.68. The molecule has 0 unspecified atom stereocenters. The SMILES string of the molecule is COC(=O)[C@]1(C)OC[C@H](c2ccc(OCc3ccccc3)cc2)CO1. The zero-order valence-corrected chi connectivity index (χ0v) is 14.4. The van der Waals surface area contributed by atoms with Crippen LogP contribution in [0, 0.1) is 0 Å².